The molecule has 0 aliphatic rings. The van der Waals surface area contributed by atoms with Crippen LogP contribution in [-0.4, -0.2) is 20.4 Å². The highest BCUT2D eigenvalue weighted by Gasteiger charge is 2.14. The van der Waals surface area contributed by atoms with Crippen LogP contribution < -0.4 is 5.32 Å². The van der Waals surface area contributed by atoms with Crippen molar-refractivity contribution in [3.63, 3.8) is 0 Å². The van der Waals surface area contributed by atoms with E-state index in [0.29, 0.717) is 36.0 Å². The first-order chi connectivity index (χ1) is 14.6. The first-order valence-corrected chi connectivity index (χ1v) is 10.4. The van der Waals surface area contributed by atoms with E-state index in [9.17, 15) is 4.79 Å². The molecule has 30 heavy (non-hydrogen) atoms. The summed E-state index contributed by atoms with van der Waals surface area (Å²) < 4.78 is 2.09. The van der Waals surface area contributed by atoms with Crippen LogP contribution >= 0.6 is 23.2 Å². The Morgan fingerprint density at radius 1 is 1.03 bits per heavy atom. The van der Waals surface area contributed by atoms with Gasteiger partial charge in [0, 0.05) is 48.4 Å². The molecule has 5 nitrogen and oxygen atoms in total. The summed E-state index contributed by atoms with van der Waals surface area (Å²) in [4.78, 5) is 21.2. The third kappa shape index (κ3) is 4.81. The van der Waals surface area contributed by atoms with Gasteiger partial charge in [0.2, 0.25) is 5.91 Å². The van der Waals surface area contributed by atoms with Gasteiger partial charge in [0.1, 0.15) is 5.82 Å². The molecule has 1 amide bonds. The van der Waals surface area contributed by atoms with Gasteiger partial charge in [-0.05, 0) is 47.5 Å². The summed E-state index contributed by atoms with van der Waals surface area (Å²) in [5.41, 5.74) is 3.86. The Labute approximate surface area is 184 Å². The van der Waals surface area contributed by atoms with E-state index in [1.807, 2.05) is 48.5 Å². The predicted octanol–water partition coefficient (Wildman–Crippen LogP) is 5.04. The Morgan fingerprint density at radius 2 is 1.83 bits per heavy atom. The van der Waals surface area contributed by atoms with Gasteiger partial charge < -0.3 is 9.88 Å². The lowest BCUT2D eigenvalue weighted by molar-refractivity contribution is -0.121. The number of nitrogens with zero attached hydrogens (tertiary/aromatic N) is 3. The third-order valence-electron chi connectivity index (χ3n) is 4.90. The van der Waals surface area contributed by atoms with Crippen LogP contribution in [-0.2, 0) is 24.3 Å². The molecule has 0 saturated heterocycles. The van der Waals surface area contributed by atoms with Gasteiger partial charge in [-0.3, -0.25) is 9.78 Å². The molecule has 152 valence electrons. The summed E-state index contributed by atoms with van der Waals surface area (Å²) in [5, 5.41) is 4.17. The number of hydrogen-bond donors (Lipinski definition) is 1. The summed E-state index contributed by atoms with van der Waals surface area (Å²) in [5.74, 6) is 0.849. The van der Waals surface area contributed by atoms with Crippen LogP contribution in [0.2, 0.25) is 10.0 Å². The first kappa shape index (κ1) is 20.4. The number of pyridine rings is 1. The van der Waals surface area contributed by atoms with Crippen LogP contribution in [0, 0.1) is 0 Å². The fourth-order valence-corrected chi connectivity index (χ4v) is 3.82. The molecule has 2 heterocycles. The quantitative estimate of drug-likeness (QED) is 0.439. The maximum absolute atomic E-state index is 12.4. The average molecular weight is 439 g/mol. The Kier molecular flexibility index (Phi) is 6.31. The van der Waals surface area contributed by atoms with Gasteiger partial charge in [0.15, 0.2) is 0 Å². The number of imidazole rings is 1. The van der Waals surface area contributed by atoms with Gasteiger partial charge >= 0.3 is 0 Å². The van der Waals surface area contributed by atoms with Crippen molar-refractivity contribution in [3.8, 4) is 0 Å². The van der Waals surface area contributed by atoms with Crippen LogP contribution in [0.15, 0.2) is 67.0 Å². The highest BCUT2D eigenvalue weighted by Crippen LogP contribution is 2.25. The second kappa shape index (κ2) is 9.28. The van der Waals surface area contributed by atoms with Crippen molar-refractivity contribution < 1.29 is 4.79 Å². The number of halogens is 2. The fourth-order valence-electron chi connectivity index (χ4n) is 3.35. The van der Waals surface area contributed by atoms with Crippen molar-refractivity contribution in [2.24, 2.45) is 0 Å². The van der Waals surface area contributed by atoms with Crippen LogP contribution in [0.1, 0.15) is 23.4 Å². The normalized spacial score (nSPS) is 11.0. The number of carbonyl (C=O) groups is 1. The lowest BCUT2D eigenvalue weighted by Gasteiger charge is -2.11. The monoisotopic (exact) mass is 438 g/mol. The molecule has 0 bridgehead atoms. The van der Waals surface area contributed by atoms with Crippen molar-refractivity contribution in [1.82, 2.24) is 19.9 Å². The minimum absolute atomic E-state index is 0.0138. The van der Waals surface area contributed by atoms with E-state index in [2.05, 4.69) is 14.9 Å². The number of fused-ring (bicyclic) bond motifs is 1. The van der Waals surface area contributed by atoms with Crippen molar-refractivity contribution >= 4 is 40.1 Å². The molecule has 1 N–H and O–H groups in total. The van der Waals surface area contributed by atoms with Crippen molar-refractivity contribution in [1.29, 1.82) is 0 Å². The number of nitrogens with one attached hydrogen (secondary N) is 1. The number of rotatable bonds is 7. The van der Waals surface area contributed by atoms with Gasteiger partial charge in [-0.15, -0.1) is 0 Å². The molecule has 2 aromatic heterocycles. The molecule has 0 spiro atoms. The minimum Gasteiger partial charge on any atom is -0.352 e. The number of hydrogen-bond acceptors (Lipinski definition) is 3. The van der Waals surface area contributed by atoms with E-state index < -0.39 is 0 Å². The van der Waals surface area contributed by atoms with Crippen molar-refractivity contribution in [3.05, 3.63) is 94.0 Å². The maximum atomic E-state index is 12.4. The van der Waals surface area contributed by atoms with Crippen LogP contribution in [0.5, 0.6) is 0 Å². The van der Waals surface area contributed by atoms with Gasteiger partial charge in [0.25, 0.3) is 0 Å². The average Bonchev–Trinajstić information content (AvgIpc) is 3.10. The van der Waals surface area contributed by atoms with Crippen molar-refractivity contribution in [2.45, 2.75) is 25.9 Å². The second-order valence-corrected chi connectivity index (χ2v) is 7.81. The molecule has 7 heteroatoms. The summed E-state index contributed by atoms with van der Waals surface area (Å²) in [6, 6.07) is 17.2. The predicted molar refractivity (Wildman–Crippen MR) is 120 cm³/mol. The molecule has 0 unspecified atom stereocenters. The van der Waals surface area contributed by atoms with Gasteiger partial charge in [-0.1, -0.05) is 41.4 Å². The second-order valence-electron chi connectivity index (χ2n) is 6.96. The van der Waals surface area contributed by atoms with E-state index in [4.69, 9.17) is 28.2 Å². The standard InChI is InChI=1S/C23H20Cl2N4O/c24-18-6-5-17(19(25)14-18)13-22-28-20-3-1-2-4-21(20)29(22)12-9-23(30)27-15-16-7-10-26-11-8-16/h1-8,10-11,14H,9,12-13,15H2,(H,27,30). The van der Waals surface area contributed by atoms with Crippen LogP contribution in [0.4, 0.5) is 0 Å². The van der Waals surface area contributed by atoms with E-state index >= 15 is 0 Å². The molecular formula is C23H20Cl2N4O. The number of para-hydroxylation sites is 2. The van der Waals surface area contributed by atoms with Gasteiger partial charge in [0.05, 0.1) is 11.0 Å². The number of amides is 1. The minimum atomic E-state index is -0.0138. The summed E-state index contributed by atoms with van der Waals surface area (Å²) >= 11 is 12.4. The van der Waals surface area contributed by atoms with E-state index in [1.54, 1.807) is 18.5 Å². The third-order valence-corrected chi connectivity index (χ3v) is 5.49. The van der Waals surface area contributed by atoms with E-state index in [-0.39, 0.29) is 5.91 Å². The fraction of sp³-hybridized carbons (Fsp3) is 0.174. The Hall–Kier alpha value is -2.89. The lowest BCUT2D eigenvalue weighted by atomic mass is 10.1. The number of benzene rings is 2. The van der Waals surface area contributed by atoms with Crippen LogP contribution in [0.3, 0.4) is 0 Å². The van der Waals surface area contributed by atoms with Crippen molar-refractivity contribution in [2.75, 3.05) is 0 Å². The summed E-state index contributed by atoms with van der Waals surface area (Å²) in [6.07, 6.45) is 4.34. The SMILES string of the molecule is O=C(CCn1c(Cc2ccc(Cl)cc2Cl)nc2ccccc21)NCc1ccncc1. The van der Waals surface area contributed by atoms with Gasteiger partial charge in [-0.2, -0.15) is 0 Å². The molecule has 4 rings (SSSR count). The number of carbonyl (C=O) groups excluding carboxylic acids is 1. The zero-order valence-corrected chi connectivity index (χ0v) is 17.7. The maximum Gasteiger partial charge on any atom is 0.222 e. The molecule has 2 aromatic carbocycles. The first-order valence-electron chi connectivity index (χ1n) is 9.64. The number of aryl methyl sites for hydroxylation is 1. The smallest absolute Gasteiger partial charge is 0.222 e. The Bertz CT molecular complexity index is 1170. The van der Waals surface area contributed by atoms with E-state index in [0.717, 1.165) is 28.0 Å². The van der Waals surface area contributed by atoms with Crippen LogP contribution in [0.25, 0.3) is 11.0 Å². The Morgan fingerprint density at radius 3 is 2.63 bits per heavy atom. The summed E-state index contributed by atoms with van der Waals surface area (Å²) in [7, 11) is 0. The van der Waals surface area contributed by atoms with E-state index in [1.165, 1.54) is 0 Å². The largest absolute Gasteiger partial charge is 0.352 e. The topological polar surface area (TPSA) is 59.8 Å². The molecule has 4 aromatic rings. The molecule has 0 aliphatic heterocycles. The number of aromatic nitrogens is 3. The molecule has 0 saturated carbocycles. The molecule has 0 fully saturated rings. The Balaban J connectivity index is 1.50. The molecule has 0 aliphatic carbocycles. The molecule has 0 radical (unpaired) electrons. The zero-order valence-electron chi connectivity index (χ0n) is 16.2. The molecule has 0 atom stereocenters. The molecular weight excluding hydrogens is 419 g/mol. The highest BCUT2D eigenvalue weighted by atomic mass is 35.5. The summed E-state index contributed by atoms with van der Waals surface area (Å²) in [6.45, 7) is 1.02. The van der Waals surface area contributed by atoms with Gasteiger partial charge in [-0.25, -0.2) is 4.98 Å². The zero-order chi connectivity index (χ0) is 20.9. The highest BCUT2D eigenvalue weighted by molar-refractivity contribution is 6.35. The lowest BCUT2D eigenvalue weighted by Crippen LogP contribution is -2.24.